The van der Waals surface area contributed by atoms with Crippen LogP contribution in [0.5, 0.6) is 0 Å². The number of hydrogen-bond donors (Lipinski definition) is 2. The molecule has 1 unspecified atom stereocenters. The number of aromatic nitrogens is 2. The Morgan fingerprint density at radius 2 is 1.78 bits per heavy atom. The number of aliphatic hydroxyl groups excluding tert-OH is 1. The summed E-state index contributed by atoms with van der Waals surface area (Å²) in [6.07, 6.45) is 9.71. The molecule has 4 fully saturated rings. The van der Waals surface area contributed by atoms with Gasteiger partial charge >= 0.3 is 0 Å². The molecule has 6 heteroatoms. The van der Waals surface area contributed by atoms with Gasteiger partial charge in [-0.3, -0.25) is 4.79 Å². The molecule has 0 spiro atoms. The van der Waals surface area contributed by atoms with Gasteiger partial charge in [0.1, 0.15) is 12.1 Å². The number of nitrogens with zero attached hydrogens (tertiary/aromatic N) is 3. The zero-order valence-electron chi connectivity index (χ0n) is 18.5. The fraction of sp³-hybridized carbons (Fsp3) is 0.577. The van der Waals surface area contributed by atoms with Crippen molar-refractivity contribution in [2.45, 2.75) is 57.6 Å². The second kappa shape index (κ2) is 7.84. The summed E-state index contributed by atoms with van der Waals surface area (Å²) in [5.41, 5.74) is 2.81. The highest BCUT2D eigenvalue weighted by molar-refractivity contribution is 5.94. The predicted octanol–water partition coefficient (Wildman–Crippen LogP) is 3.66. The van der Waals surface area contributed by atoms with E-state index in [1.165, 1.54) is 38.5 Å². The number of benzene rings is 1. The lowest BCUT2D eigenvalue weighted by molar-refractivity contribution is -0.115. The van der Waals surface area contributed by atoms with E-state index in [1.54, 1.807) is 6.33 Å². The molecule has 1 aliphatic heterocycles. The number of fused-ring (bicyclic) bond motifs is 1. The second-order valence-electron chi connectivity index (χ2n) is 10.7. The van der Waals surface area contributed by atoms with Crippen molar-refractivity contribution in [3.8, 4) is 0 Å². The molecule has 1 atom stereocenters. The molecule has 5 aliphatic rings. The van der Waals surface area contributed by atoms with Gasteiger partial charge in [0.25, 0.3) is 5.91 Å². The number of carbonyl (C=O) groups excluding carboxylic acids is 1. The number of anilines is 1. The van der Waals surface area contributed by atoms with Gasteiger partial charge < -0.3 is 15.3 Å². The Bertz CT molecular complexity index is 973. The van der Waals surface area contributed by atoms with Crippen LogP contribution in [0.2, 0.25) is 0 Å². The molecule has 32 heavy (non-hydrogen) atoms. The van der Waals surface area contributed by atoms with Crippen LogP contribution in [0, 0.1) is 23.2 Å². The highest BCUT2D eigenvalue weighted by Gasteiger charge is 2.53. The zero-order chi connectivity index (χ0) is 21.7. The molecule has 2 N–H and O–H groups in total. The average molecular weight is 433 g/mol. The lowest BCUT2D eigenvalue weighted by Crippen LogP contribution is -2.53. The van der Waals surface area contributed by atoms with E-state index in [2.05, 4.69) is 15.3 Å². The summed E-state index contributed by atoms with van der Waals surface area (Å²) in [5, 5.41) is 14.7. The van der Waals surface area contributed by atoms with E-state index in [4.69, 9.17) is 0 Å². The number of rotatable bonds is 5. The molecule has 2 aromatic rings. The van der Waals surface area contributed by atoms with Crippen LogP contribution in [0.15, 0.2) is 36.7 Å². The number of carbonyl (C=O) groups is 1. The van der Waals surface area contributed by atoms with E-state index in [0.29, 0.717) is 25.2 Å². The summed E-state index contributed by atoms with van der Waals surface area (Å²) >= 11 is 0. The molecule has 1 amide bonds. The largest absolute Gasteiger partial charge is 0.391 e. The van der Waals surface area contributed by atoms with E-state index in [0.717, 1.165) is 41.2 Å². The molecule has 1 aromatic carbocycles. The topological polar surface area (TPSA) is 78.4 Å². The van der Waals surface area contributed by atoms with Crippen LogP contribution in [0.25, 0.3) is 0 Å². The first kappa shape index (κ1) is 20.2. The number of nitrogens with one attached hydrogen (secondary N) is 1. The SMILES string of the molecule is O=C(c1ccccc1)N1CCc2c(ncnc2NCC(O)C23CC4CC(CC(C4)C2)C3)C1. The molecule has 6 nitrogen and oxygen atoms in total. The van der Waals surface area contributed by atoms with E-state index in [9.17, 15) is 9.90 Å². The van der Waals surface area contributed by atoms with Crippen molar-refractivity contribution in [2.75, 3.05) is 18.4 Å². The number of hydrogen-bond acceptors (Lipinski definition) is 5. The summed E-state index contributed by atoms with van der Waals surface area (Å²) in [4.78, 5) is 23.7. The normalized spacial score (nSPS) is 31.3. The third-order valence-electron chi connectivity index (χ3n) is 8.57. The molecule has 4 saturated carbocycles. The summed E-state index contributed by atoms with van der Waals surface area (Å²) in [6, 6.07) is 9.42. The van der Waals surface area contributed by atoms with E-state index >= 15 is 0 Å². The molecule has 168 valence electrons. The maximum atomic E-state index is 12.8. The Labute approximate surface area is 189 Å². The van der Waals surface area contributed by atoms with Gasteiger partial charge in [-0.2, -0.15) is 0 Å². The van der Waals surface area contributed by atoms with Crippen LogP contribution in [0.3, 0.4) is 0 Å². The third kappa shape index (κ3) is 3.49. The van der Waals surface area contributed by atoms with Crippen LogP contribution in [-0.2, 0) is 13.0 Å². The number of aliphatic hydroxyl groups is 1. The van der Waals surface area contributed by atoms with Gasteiger partial charge in [0.05, 0.1) is 18.3 Å². The highest BCUT2D eigenvalue weighted by atomic mass is 16.3. The van der Waals surface area contributed by atoms with Gasteiger partial charge in [0.2, 0.25) is 0 Å². The van der Waals surface area contributed by atoms with Crippen LogP contribution in [-0.4, -0.2) is 45.1 Å². The van der Waals surface area contributed by atoms with Gasteiger partial charge in [0, 0.05) is 24.2 Å². The maximum Gasteiger partial charge on any atom is 0.254 e. The Hall–Kier alpha value is -2.47. The quantitative estimate of drug-likeness (QED) is 0.754. The van der Waals surface area contributed by atoms with Crippen molar-refractivity contribution in [3.63, 3.8) is 0 Å². The highest BCUT2D eigenvalue weighted by Crippen LogP contribution is 2.61. The predicted molar refractivity (Wildman–Crippen MR) is 122 cm³/mol. The summed E-state index contributed by atoms with van der Waals surface area (Å²) in [7, 11) is 0. The fourth-order valence-corrected chi connectivity index (χ4v) is 7.44. The van der Waals surface area contributed by atoms with Crippen LogP contribution < -0.4 is 5.32 Å². The van der Waals surface area contributed by atoms with E-state index in [-0.39, 0.29) is 17.4 Å². The lowest BCUT2D eigenvalue weighted by Gasteiger charge is -2.58. The van der Waals surface area contributed by atoms with Gasteiger partial charge in [-0.25, -0.2) is 9.97 Å². The van der Waals surface area contributed by atoms with Crippen molar-refractivity contribution < 1.29 is 9.90 Å². The van der Waals surface area contributed by atoms with Crippen molar-refractivity contribution in [2.24, 2.45) is 23.2 Å². The Balaban J connectivity index is 1.14. The maximum absolute atomic E-state index is 12.8. The van der Waals surface area contributed by atoms with E-state index in [1.807, 2.05) is 35.2 Å². The van der Waals surface area contributed by atoms with Crippen molar-refractivity contribution in [3.05, 3.63) is 53.5 Å². The van der Waals surface area contributed by atoms with Crippen molar-refractivity contribution in [1.82, 2.24) is 14.9 Å². The average Bonchev–Trinajstić information content (AvgIpc) is 2.81. The molecule has 4 aliphatic carbocycles. The number of amides is 1. The minimum absolute atomic E-state index is 0.0432. The summed E-state index contributed by atoms with van der Waals surface area (Å²) in [6.45, 7) is 1.69. The third-order valence-corrected chi connectivity index (χ3v) is 8.57. The standard InChI is InChI=1S/C26H32N4O2/c31-23(26-11-17-8-18(12-26)10-19(9-17)13-26)14-27-24-21-6-7-30(15-22(21)28-16-29-24)25(32)20-4-2-1-3-5-20/h1-5,16-19,23,31H,6-15H2,(H,27,28,29). The minimum Gasteiger partial charge on any atom is -0.391 e. The van der Waals surface area contributed by atoms with Crippen molar-refractivity contribution in [1.29, 1.82) is 0 Å². The van der Waals surface area contributed by atoms with Crippen LogP contribution >= 0.6 is 0 Å². The minimum atomic E-state index is -0.332. The first-order valence-electron chi connectivity index (χ1n) is 12.2. The van der Waals surface area contributed by atoms with Gasteiger partial charge in [-0.1, -0.05) is 18.2 Å². The van der Waals surface area contributed by atoms with Crippen molar-refractivity contribution >= 4 is 11.7 Å². The zero-order valence-corrected chi connectivity index (χ0v) is 18.5. The van der Waals surface area contributed by atoms with Gasteiger partial charge in [0.15, 0.2) is 0 Å². The Morgan fingerprint density at radius 1 is 1.09 bits per heavy atom. The molecule has 2 heterocycles. The fourth-order valence-electron chi connectivity index (χ4n) is 7.44. The first-order valence-corrected chi connectivity index (χ1v) is 12.2. The monoisotopic (exact) mass is 432 g/mol. The first-order chi connectivity index (χ1) is 15.6. The molecular formula is C26H32N4O2. The summed E-state index contributed by atoms with van der Waals surface area (Å²) < 4.78 is 0. The van der Waals surface area contributed by atoms with Gasteiger partial charge in [-0.15, -0.1) is 0 Å². The molecule has 4 bridgehead atoms. The molecule has 1 aromatic heterocycles. The smallest absolute Gasteiger partial charge is 0.254 e. The van der Waals surface area contributed by atoms with E-state index < -0.39 is 0 Å². The Morgan fingerprint density at radius 3 is 2.47 bits per heavy atom. The second-order valence-corrected chi connectivity index (χ2v) is 10.7. The lowest BCUT2D eigenvalue weighted by atomic mass is 9.48. The van der Waals surface area contributed by atoms with Crippen LogP contribution in [0.1, 0.15) is 60.1 Å². The Kier molecular flexibility index (Phi) is 4.94. The van der Waals surface area contributed by atoms with Crippen LogP contribution in [0.4, 0.5) is 5.82 Å². The molecule has 0 saturated heterocycles. The molecule has 0 radical (unpaired) electrons. The van der Waals surface area contributed by atoms with Gasteiger partial charge in [-0.05, 0) is 80.2 Å². The summed E-state index contributed by atoms with van der Waals surface area (Å²) in [5.74, 6) is 3.36. The molecular weight excluding hydrogens is 400 g/mol. The molecule has 7 rings (SSSR count).